The zero-order chi connectivity index (χ0) is 23.7. The fourth-order valence-electron chi connectivity index (χ4n) is 4.19. The van der Waals surface area contributed by atoms with Gasteiger partial charge in [-0.05, 0) is 48.7 Å². The summed E-state index contributed by atoms with van der Waals surface area (Å²) in [5, 5.41) is 8.47. The van der Waals surface area contributed by atoms with Crippen LogP contribution in [0.3, 0.4) is 0 Å². The normalized spacial score (nSPS) is 14.8. The number of benzene rings is 2. The lowest BCUT2D eigenvalue weighted by molar-refractivity contribution is -0.121. The summed E-state index contributed by atoms with van der Waals surface area (Å²) in [6, 6.07) is 15.5. The van der Waals surface area contributed by atoms with Gasteiger partial charge in [-0.3, -0.25) is 14.2 Å². The van der Waals surface area contributed by atoms with Crippen LogP contribution in [-0.4, -0.2) is 44.6 Å². The molecule has 0 bridgehead atoms. The molecule has 1 aliphatic heterocycles. The summed E-state index contributed by atoms with van der Waals surface area (Å²) in [6.45, 7) is 2.53. The van der Waals surface area contributed by atoms with Crippen molar-refractivity contribution in [2.24, 2.45) is 0 Å². The largest absolute Gasteiger partial charge is 0.497 e. The molecule has 1 amide bonds. The molecule has 0 saturated carbocycles. The van der Waals surface area contributed by atoms with Gasteiger partial charge in [0.25, 0.3) is 5.56 Å². The molecular formula is C25H25N5O3S. The first-order valence-electron chi connectivity index (χ1n) is 11.1. The van der Waals surface area contributed by atoms with Gasteiger partial charge in [-0.15, -0.1) is 0 Å². The number of amides is 1. The van der Waals surface area contributed by atoms with Crippen molar-refractivity contribution in [1.82, 2.24) is 24.6 Å². The predicted molar refractivity (Wildman–Crippen MR) is 132 cm³/mol. The van der Waals surface area contributed by atoms with Crippen LogP contribution < -0.4 is 15.6 Å². The number of thioether (sulfide) groups is 1. The Balaban J connectivity index is 1.30. The lowest BCUT2D eigenvalue weighted by Crippen LogP contribution is -2.31. The Hall–Kier alpha value is -3.59. The Morgan fingerprint density at radius 2 is 2.09 bits per heavy atom. The second-order valence-corrected chi connectivity index (χ2v) is 9.31. The van der Waals surface area contributed by atoms with Crippen LogP contribution in [-0.2, 0) is 11.2 Å². The molecule has 1 N–H and O–H groups in total. The van der Waals surface area contributed by atoms with Gasteiger partial charge < -0.3 is 10.1 Å². The van der Waals surface area contributed by atoms with E-state index in [4.69, 9.17) is 9.72 Å². The van der Waals surface area contributed by atoms with Crippen molar-refractivity contribution in [3.63, 3.8) is 0 Å². The first kappa shape index (κ1) is 22.2. The topological polar surface area (TPSA) is 91.0 Å². The molecule has 2 aromatic heterocycles. The van der Waals surface area contributed by atoms with Gasteiger partial charge in [-0.1, -0.05) is 36.0 Å². The Morgan fingerprint density at radius 1 is 1.24 bits per heavy atom. The van der Waals surface area contributed by atoms with E-state index >= 15 is 0 Å². The minimum atomic E-state index is -0.233. The highest BCUT2D eigenvalue weighted by atomic mass is 32.2. The minimum Gasteiger partial charge on any atom is -0.497 e. The number of methoxy groups -OCH3 is 1. The molecule has 174 valence electrons. The van der Waals surface area contributed by atoms with Crippen LogP contribution in [0.2, 0.25) is 0 Å². The van der Waals surface area contributed by atoms with E-state index in [9.17, 15) is 9.59 Å². The SMILES string of the molecule is COc1cccc(CCNC(=O)CC2CSc3nc4c(cnn4-c4cccc(C)c4)c(=O)n32)c1. The van der Waals surface area contributed by atoms with Gasteiger partial charge in [0.15, 0.2) is 10.8 Å². The third kappa shape index (κ3) is 4.31. The molecule has 0 saturated heterocycles. The number of nitrogens with zero attached hydrogens (tertiary/aromatic N) is 4. The third-order valence-electron chi connectivity index (χ3n) is 5.91. The van der Waals surface area contributed by atoms with Gasteiger partial charge in [-0.25, -0.2) is 9.67 Å². The molecule has 1 aliphatic rings. The third-order valence-corrected chi connectivity index (χ3v) is 7.01. The fraction of sp³-hybridized carbons (Fsp3) is 0.280. The fourth-order valence-corrected chi connectivity index (χ4v) is 5.32. The number of aryl methyl sites for hydroxylation is 1. The molecule has 1 atom stereocenters. The summed E-state index contributed by atoms with van der Waals surface area (Å²) < 4.78 is 8.59. The van der Waals surface area contributed by atoms with Crippen molar-refractivity contribution < 1.29 is 9.53 Å². The zero-order valence-corrected chi connectivity index (χ0v) is 19.8. The number of carbonyl (C=O) groups is 1. The Labute approximate surface area is 201 Å². The smallest absolute Gasteiger partial charge is 0.265 e. The van der Waals surface area contributed by atoms with Crippen molar-refractivity contribution in [2.45, 2.75) is 31.0 Å². The number of fused-ring (bicyclic) bond motifs is 2. The summed E-state index contributed by atoms with van der Waals surface area (Å²) >= 11 is 1.50. The second kappa shape index (κ2) is 9.34. The summed E-state index contributed by atoms with van der Waals surface area (Å²) in [7, 11) is 1.64. The van der Waals surface area contributed by atoms with Crippen LogP contribution in [0.25, 0.3) is 16.7 Å². The van der Waals surface area contributed by atoms with E-state index < -0.39 is 0 Å². The summed E-state index contributed by atoms with van der Waals surface area (Å²) in [6.07, 6.45) is 2.50. The van der Waals surface area contributed by atoms with Crippen LogP contribution in [0, 0.1) is 6.92 Å². The van der Waals surface area contributed by atoms with Gasteiger partial charge in [0.05, 0.1) is 25.0 Å². The van der Waals surface area contributed by atoms with Gasteiger partial charge in [0, 0.05) is 18.7 Å². The first-order valence-corrected chi connectivity index (χ1v) is 12.1. The van der Waals surface area contributed by atoms with E-state index in [-0.39, 0.29) is 23.9 Å². The van der Waals surface area contributed by atoms with Gasteiger partial charge >= 0.3 is 0 Å². The van der Waals surface area contributed by atoms with Gasteiger partial charge in [0.2, 0.25) is 5.91 Å². The molecule has 8 nitrogen and oxygen atoms in total. The zero-order valence-electron chi connectivity index (χ0n) is 19.0. The van der Waals surface area contributed by atoms with E-state index in [0.717, 1.165) is 22.6 Å². The Kier molecular flexibility index (Phi) is 6.10. The highest BCUT2D eigenvalue weighted by molar-refractivity contribution is 7.99. The number of hydrogen-bond donors (Lipinski definition) is 1. The van der Waals surface area contributed by atoms with Crippen molar-refractivity contribution in [2.75, 3.05) is 19.4 Å². The molecule has 2 aromatic carbocycles. The van der Waals surface area contributed by atoms with Gasteiger partial charge in [-0.2, -0.15) is 5.10 Å². The maximum Gasteiger partial charge on any atom is 0.265 e. The number of rotatable bonds is 7. The van der Waals surface area contributed by atoms with Crippen LogP contribution in [0.15, 0.2) is 64.7 Å². The number of aromatic nitrogens is 4. The van der Waals surface area contributed by atoms with Gasteiger partial charge in [0.1, 0.15) is 11.1 Å². The van der Waals surface area contributed by atoms with E-state index in [1.807, 2.05) is 55.5 Å². The Morgan fingerprint density at radius 3 is 2.91 bits per heavy atom. The van der Waals surface area contributed by atoms with Crippen molar-refractivity contribution in [3.8, 4) is 11.4 Å². The molecule has 9 heteroatoms. The number of hydrogen-bond acceptors (Lipinski definition) is 6. The number of carbonyl (C=O) groups excluding carboxylic acids is 1. The van der Waals surface area contributed by atoms with Crippen molar-refractivity contribution >= 4 is 28.7 Å². The predicted octanol–water partition coefficient (Wildman–Crippen LogP) is 3.30. The van der Waals surface area contributed by atoms with Crippen molar-refractivity contribution in [3.05, 3.63) is 76.2 Å². The molecule has 4 aromatic rings. The van der Waals surface area contributed by atoms with Crippen molar-refractivity contribution in [1.29, 1.82) is 0 Å². The number of ether oxygens (including phenoxy) is 1. The quantitative estimate of drug-likeness (QED) is 0.413. The van der Waals surface area contributed by atoms with Crippen LogP contribution in [0.5, 0.6) is 5.75 Å². The van der Waals surface area contributed by atoms with Crippen LogP contribution in [0.1, 0.15) is 23.6 Å². The first-order chi connectivity index (χ1) is 16.5. The van der Waals surface area contributed by atoms with Crippen LogP contribution in [0.4, 0.5) is 0 Å². The van der Waals surface area contributed by atoms with E-state index in [1.54, 1.807) is 22.6 Å². The standard InChI is InChI=1S/C25H25N5O3S/c1-16-5-3-7-18(11-16)30-23-21(14-27-30)24(32)29-19(15-34-25(29)28-23)13-22(31)26-10-9-17-6-4-8-20(12-17)33-2/h3-8,11-12,14,19H,9-10,13,15H2,1-2H3,(H,26,31). The molecule has 0 fully saturated rings. The van der Waals surface area contributed by atoms with E-state index in [0.29, 0.717) is 34.9 Å². The molecular weight excluding hydrogens is 450 g/mol. The lowest BCUT2D eigenvalue weighted by atomic mass is 10.1. The molecule has 5 rings (SSSR count). The summed E-state index contributed by atoms with van der Waals surface area (Å²) in [5.74, 6) is 1.35. The van der Waals surface area contributed by atoms with E-state index in [2.05, 4.69) is 10.4 Å². The molecule has 34 heavy (non-hydrogen) atoms. The monoisotopic (exact) mass is 475 g/mol. The maximum absolute atomic E-state index is 13.3. The molecule has 0 aliphatic carbocycles. The second-order valence-electron chi connectivity index (χ2n) is 8.32. The molecule has 1 unspecified atom stereocenters. The molecule has 3 heterocycles. The summed E-state index contributed by atoms with van der Waals surface area (Å²) in [5.41, 5.74) is 3.44. The minimum absolute atomic E-state index is 0.0798. The average Bonchev–Trinajstić information content (AvgIpc) is 3.44. The molecule has 0 radical (unpaired) electrons. The average molecular weight is 476 g/mol. The Bertz CT molecular complexity index is 1430. The highest BCUT2D eigenvalue weighted by Gasteiger charge is 2.29. The van der Waals surface area contributed by atoms with Crippen LogP contribution >= 0.6 is 11.8 Å². The summed E-state index contributed by atoms with van der Waals surface area (Å²) in [4.78, 5) is 30.7. The highest BCUT2D eigenvalue weighted by Crippen LogP contribution is 2.33. The maximum atomic E-state index is 13.3. The molecule has 0 spiro atoms. The number of nitrogens with one attached hydrogen (secondary N) is 1. The lowest BCUT2D eigenvalue weighted by Gasteiger charge is -2.13. The van der Waals surface area contributed by atoms with E-state index in [1.165, 1.54) is 11.8 Å².